The van der Waals surface area contributed by atoms with Gasteiger partial charge in [0, 0.05) is 19.6 Å². The maximum Gasteiger partial charge on any atom is 0.317 e. The minimum Gasteiger partial charge on any atom is -0.395 e. The fraction of sp³-hybridized carbons (Fsp3) is 0.909. The van der Waals surface area contributed by atoms with E-state index in [9.17, 15) is 4.79 Å². The Balaban J connectivity index is 2.09. The average Bonchev–Trinajstić information content (AvgIpc) is 2.17. The first-order valence-corrected chi connectivity index (χ1v) is 5.91. The molecule has 0 unspecified atom stereocenters. The van der Waals surface area contributed by atoms with Crippen molar-refractivity contribution in [2.75, 3.05) is 26.2 Å². The molecule has 1 saturated carbocycles. The molecule has 0 heterocycles. The number of nitrogens with zero attached hydrogens (tertiary/aromatic N) is 1. The fourth-order valence-electron chi connectivity index (χ4n) is 1.80. The molecular weight excluding hydrogens is 192 g/mol. The van der Waals surface area contributed by atoms with Gasteiger partial charge < -0.3 is 15.3 Å². The summed E-state index contributed by atoms with van der Waals surface area (Å²) >= 11 is 0. The molecular formula is C11H22N2O2. The van der Waals surface area contributed by atoms with Crippen molar-refractivity contribution in [2.24, 2.45) is 5.92 Å². The topological polar surface area (TPSA) is 52.6 Å². The van der Waals surface area contributed by atoms with E-state index in [0.29, 0.717) is 13.1 Å². The smallest absolute Gasteiger partial charge is 0.317 e. The van der Waals surface area contributed by atoms with Crippen molar-refractivity contribution in [3.63, 3.8) is 0 Å². The van der Waals surface area contributed by atoms with Crippen molar-refractivity contribution >= 4 is 6.03 Å². The van der Waals surface area contributed by atoms with E-state index in [0.717, 1.165) is 18.9 Å². The zero-order valence-corrected chi connectivity index (χ0v) is 9.54. The second kappa shape index (κ2) is 6.67. The van der Waals surface area contributed by atoms with Crippen LogP contribution in [0.1, 0.15) is 32.6 Å². The molecule has 1 rings (SSSR count). The normalized spacial score (nSPS) is 15.9. The molecule has 2 N–H and O–H groups in total. The van der Waals surface area contributed by atoms with Gasteiger partial charge in [-0.05, 0) is 19.3 Å². The van der Waals surface area contributed by atoms with Crippen LogP contribution in [0.15, 0.2) is 0 Å². The van der Waals surface area contributed by atoms with E-state index in [4.69, 9.17) is 5.11 Å². The van der Waals surface area contributed by atoms with Crippen LogP contribution in [0.2, 0.25) is 0 Å². The highest BCUT2D eigenvalue weighted by Gasteiger charge is 2.17. The van der Waals surface area contributed by atoms with E-state index in [1.54, 1.807) is 4.90 Å². The Morgan fingerprint density at radius 3 is 2.73 bits per heavy atom. The molecule has 1 fully saturated rings. The lowest BCUT2D eigenvalue weighted by molar-refractivity contribution is 0.179. The number of aliphatic hydroxyl groups excluding tert-OH is 1. The Labute approximate surface area is 91.6 Å². The second-order valence-electron chi connectivity index (χ2n) is 4.12. The zero-order valence-electron chi connectivity index (χ0n) is 9.54. The summed E-state index contributed by atoms with van der Waals surface area (Å²) in [6, 6.07) is -0.0501. The Bertz CT molecular complexity index is 193. The van der Waals surface area contributed by atoms with Gasteiger partial charge in [-0.1, -0.05) is 19.3 Å². The van der Waals surface area contributed by atoms with E-state index in [1.165, 1.54) is 19.3 Å². The summed E-state index contributed by atoms with van der Waals surface area (Å²) < 4.78 is 0. The van der Waals surface area contributed by atoms with Crippen molar-refractivity contribution in [3.8, 4) is 0 Å². The van der Waals surface area contributed by atoms with E-state index >= 15 is 0 Å². The quantitative estimate of drug-likeness (QED) is 0.698. The number of hydrogen-bond donors (Lipinski definition) is 2. The molecule has 0 aliphatic heterocycles. The van der Waals surface area contributed by atoms with Crippen LogP contribution in [0, 0.1) is 5.92 Å². The molecule has 1 aliphatic carbocycles. The first-order valence-electron chi connectivity index (χ1n) is 5.91. The number of rotatable bonds is 6. The summed E-state index contributed by atoms with van der Waals surface area (Å²) in [7, 11) is 0. The van der Waals surface area contributed by atoms with Gasteiger partial charge in [0.15, 0.2) is 0 Å². The Hall–Kier alpha value is -0.770. The molecule has 0 radical (unpaired) electrons. The highest BCUT2D eigenvalue weighted by molar-refractivity contribution is 5.74. The van der Waals surface area contributed by atoms with E-state index in [1.807, 2.05) is 6.92 Å². The van der Waals surface area contributed by atoms with E-state index < -0.39 is 0 Å². The number of urea groups is 1. The van der Waals surface area contributed by atoms with Crippen LogP contribution in [0.25, 0.3) is 0 Å². The molecule has 0 saturated heterocycles. The highest BCUT2D eigenvalue weighted by atomic mass is 16.3. The first kappa shape index (κ1) is 12.3. The fourth-order valence-corrected chi connectivity index (χ4v) is 1.80. The van der Waals surface area contributed by atoms with E-state index in [2.05, 4.69) is 5.32 Å². The average molecular weight is 214 g/mol. The number of nitrogens with one attached hydrogen (secondary N) is 1. The SMILES string of the molecule is CCN(CCO)C(=O)NCCC1CCC1. The second-order valence-corrected chi connectivity index (χ2v) is 4.12. The van der Waals surface area contributed by atoms with Crippen LogP contribution in [-0.2, 0) is 0 Å². The number of carbonyl (C=O) groups is 1. The van der Waals surface area contributed by atoms with Gasteiger partial charge in [-0.25, -0.2) is 4.79 Å². The monoisotopic (exact) mass is 214 g/mol. The molecule has 0 spiro atoms. The molecule has 0 atom stereocenters. The lowest BCUT2D eigenvalue weighted by Gasteiger charge is -2.26. The van der Waals surface area contributed by atoms with Gasteiger partial charge in [0.25, 0.3) is 0 Å². The van der Waals surface area contributed by atoms with Crippen LogP contribution in [0.5, 0.6) is 0 Å². The van der Waals surface area contributed by atoms with Gasteiger partial charge in [-0.15, -0.1) is 0 Å². The third-order valence-corrected chi connectivity index (χ3v) is 3.09. The summed E-state index contributed by atoms with van der Waals surface area (Å²) in [5, 5.41) is 11.6. The van der Waals surface area contributed by atoms with Crippen molar-refractivity contribution in [2.45, 2.75) is 32.6 Å². The van der Waals surface area contributed by atoms with Crippen LogP contribution in [-0.4, -0.2) is 42.3 Å². The van der Waals surface area contributed by atoms with Gasteiger partial charge >= 0.3 is 6.03 Å². The molecule has 4 nitrogen and oxygen atoms in total. The third-order valence-electron chi connectivity index (χ3n) is 3.09. The summed E-state index contributed by atoms with van der Waals surface area (Å²) in [6.45, 7) is 3.79. The maximum atomic E-state index is 11.6. The number of hydrogen-bond acceptors (Lipinski definition) is 2. The van der Waals surface area contributed by atoms with Crippen LogP contribution in [0.3, 0.4) is 0 Å². The lowest BCUT2D eigenvalue weighted by Crippen LogP contribution is -2.42. The molecule has 15 heavy (non-hydrogen) atoms. The van der Waals surface area contributed by atoms with Crippen molar-refractivity contribution < 1.29 is 9.90 Å². The summed E-state index contributed by atoms with van der Waals surface area (Å²) in [6.07, 6.45) is 5.10. The van der Waals surface area contributed by atoms with Crippen LogP contribution < -0.4 is 5.32 Å². The standard InChI is InChI=1S/C11H22N2O2/c1-2-13(8-9-14)11(15)12-7-6-10-4-3-5-10/h10,14H,2-9H2,1H3,(H,12,15). The molecule has 2 amide bonds. The maximum absolute atomic E-state index is 11.6. The minimum atomic E-state index is -0.0501. The minimum absolute atomic E-state index is 0.0316. The van der Waals surface area contributed by atoms with Crippen molar-refractivity contribution in [1.29, 1.82) is 0 Å². The number of amides is 2. The van der Waals surface area contributed by atoms with Crippen LogP contribution in [0.4, 0.5) is 4.79 Å². The van der Waals surface area contributed by atoms with Gasteiger partial charge in [0.05, 0.1) is 6.61 Å². The Morgan fingerprint density at radius 2 is 2.27 bits per heavy atom. The lowest BCUT2D eigenvalue weighted by atomic mass is 9.83. The molecule has 0 aromatic rings. The third kappa shape index (κ3) is 4.08. The van der Waals surface area contributed by atoms with Crippen molar-refractivity contribution in [3.05, 3.63) is 0 Å². The molecule has 0 bridgehead atoms. The molecule has 88 valence electrons. The molecule has 4 heteroatoms. The number of aliphatic hydroxyl groups is 1. The van der Waals surface area contributed by atoms with Gasteiger partial charge in [-0.2, -0.15) is 0 Å². The summed E-state index contributed by atoms with van der Waals surface area (Å²) in [5.41, 5.74) is 0. The van der Waals surface area contributed by atoms with Gasteiger partial charge in [-0.3, -0.25) is 0 Å². The molecule has 0 aromatic carbocycles. The van der Waals surface area contributed by atoms with Gasteiger partial charge in [0.2, 0.25) is 0 Å². The number of likely N-dealkylation sites (N-methyl/N-ethyl adjacent to an activating group) is 1. The molecule has 0 aromatic heterocycles. The predicted molar refractivity (Wildman–Crippen MR) is 59.7 cm³/mol. The summed E-state index contributed by atoms with van der Waals surface area (Å²) in [5.74, 6) is 0.832. The first-order chi connectivity index (χ1) is 7.27. The molecule has 1 aliphatic rings. The van der Waals surface area contributed by atoms with Crippen molar-refractivity contribution in [1.82, 2.24) is 10.2 Å². The van der Waals surface area contributed by atoms with Gasteiger partial charge in [0.1, 0.15) is 0 Å². The predicted octanol–water partition coefficient (Wildman–Crippen LogP) is 1.20. The van der Waals surface area contributed by atoms with Crippen LogP contribution >= 0.6 is 0 Å². The Morgan fingerprint density at radius 1 is 1.53 bits per heavy atom. The summed E-state index contributed by atoms with van der Waals surface area (Å²) in [4.78, 5) is 13.2. The number of carbonyl (C=O) groups excluding carboxylic acids is 1. The Kier molecular flexibility index (Phi) is 5.47. The zero-order chi connectivity index (χ0) is 11.1. The highest BCUT2D eigenvalue weighted by Crippen LogP contribution is 2.28. The van der Waals surface area contributed by atoms with E-state index in [-0.39, 0.29) is 12.6 Å². The largest absolute Gasteiger partial charge is 0.395 e.